The summed E-state index contributed by atoms with van der Waals surface area (Å²) in [6.07, 6.45) is -8.28. The zero-order valence-corrected chi connectivity index (χ0v) is 14.4. The number of carbonyl (C=O) groups excluding carboxylic acids is 2. The van der Waals surface area contributed by atoms with Gasteiger partial charge in [-0.25, -0.2) is 13.6 Å². The zero-order valence-electron chi connectivity index (χ0n) is 14.4. The van der Waals surface area contributed by atoms with Crippen LogP contribution in [0.15, 0.2) is 30.3 Å². The molecule has 0 radical (unpaired) electrons. The van der Waals surface area contributed by atoms with Crippen molar-refractivity contribution >= 4 is 12.3 Å². The van der Waals surface area contributed by atoms with Crippen LogP contribution in [0.25, 0.3) is 0 Å². The second-order valence-corrected chi connectivity index (χ2v) is 6.30. The number of nitrogens with zero attached hydrogens (tertiary/aromatic N) is 2. The summed E-state index contributed by atoms with van der Waals surface area (Å²) < 4.78 is 75.2. The molecule has 1 heterocycles. The highest BCUT2D eigenvalue weighted by atomic mass is 19.4. The molecule has 0 amide bonds. The Hall–Kier alpha value is -2.78. The molecule has 0 aliphatic heterocycles. The van der Waals surface area contributed by atoms with Crippen LogP contribution in [0.5, 0.6) is 0 Å². The van der Waals surface area contributed by atoms with Crippen LogP contribution in [0.1, 0.15) is 46.3 Å². The minimum absolute atomic E-state index is 0.0627. The second kappa shape index (κ2) is 7.33. The summed E-state index contributed by atoms with van der Waals surface area (Å²) in [6.45, 7) is -0.188. The smallest absolute Gasteiger partial charge is 0.435 e. The maximum Gasteiger partial charge on any atom is 0.435 e. The fourth-order valence-electron chi connectivity index (χ4n) is 3.14. The third-order valence-corrected chi connectivity index (χ3v) is 4.40. The molecule has 2 aromatic rings. The van der Waals surface area contributed by atoms with Gasteiger partial charge in [-0.05, 0) is 18.6 Å². The maximum absolute atomic E-state index is 14.5. The van der Waals surface area contributed by atoms with Gasteiger partial charge < -0.3 is 9.53 Å². The van der Waals surface area contributed by atoms with Crippen LogP contribution in [-0.2, 0) is 28.7 Å². The van der Waals surface area contributed by atoms with Crippen molar-refractivity contribution in [1.29, 1.82) is 0 Å². The van der Waals surface area contributed by atoms with Gasteiger partial charge in [-0.3, -0.25) is 4.68 Å². The van der Waals surface area contributed by atoms with Gasteiger partial charge in [-0.1, -0.05) is 18.2 Å². The lowest BCUT2D eigenvalue weighted by atomic mass is 9.89. The Bertz CT molecular complexity index is 877. The largest absolute Gasteiger partial charge is 0.447 e. The number of aryl methyl sites for hydroxylation is 1. The summed E-state index contributed by atoms with van der Waals surface area (Å²) in [7, 11) is 0. The number of fused-ring (bicyclic) bond motifs is 1. The first-order chi connectivity index (χ1) is 13.1. The molecule has 0 N–H and O–H groups in total. The van der Waals surface area contributed by atoms with Crippen molar-refractivity contribution in [3.05, 3.63) is 52.8 Å². The monoisotopic (exact) mass is 402 g/mol. The molecule has 0 saturated heterocycles. The summed E-state index contributed by atoms with van der Waals surface area (Å²) >= 11 is 0. The van der Waals surface area contributed by atoms with Crippen LogP contribution >= 0.6 is 0 Å². The molecule has 28 heavy (non-hydrogen) atoms. The van der Waals surface area contributed by atoms with Gasteiger partial charge in [-0.2, -0.15) is 18.3 Å². The van der Waals surface area contributed by atoms with Crippen molar-refractivity contribution in [3.63, 3.8) is 0 Å². The number of aromatic nitrogens is 2. The Morgan fingerprint density at radius 1 is 1.29 bits per heavy atom. The van der Waals surface area contributed by atoms with Gasteiger partial charge >= 0.3 is 12.1 Å². The van der Waals surface area contributed by atoms with Gasteiger partial charge in [0.15, 0.2) is 11.8 Å². The molecule has 1 aromatic heterocycles. The van der Waals surface area contributed by atoms with Crippen molar-refractivity contribution in [2.24, 2.45) is 0 Å². The number of hydrogen-bond donors (Lipinski definition) is 0. The maximum atomic E-state index is 14.5. The lowest BCUT2D eigenvalue weighted by Gasteiger charge is -2.32. The first-order valence-electron chi connectivity index (χ1n) is 8.39. The summed E-state index contributed by atoms with van der Waals surface area (Å²) in [4.78, 5) is 22.8. The molecule has 0 saturated carbocycles. The number of rotatable bonds is 5. The first kappa shape index (κ1) is 20.0. The van der Waals surface area contributed by atoms with Crippen LogP contribution in [0, 0.1) is 0 Å². The number of aldehydes is 1. The normalized spacial score (nSPS) is 18.4. The molecule has 1 aliphatic rings. The van der Waals surface area contributed by atoms with Crippen molar-refractivity contribution in [1.82, 2.24) is 9.78 Å². The van der Waals surface area contributed by atoms with E-state index in [9.17, 15) is 31.5 Å². The summed E-state index contributed by atoms with van der Waals surface area (Å²) in [5.41, 5.74) is -2.55. The van der Waals surface area contributed by atoms with E-state index in [1.165, 1.54) is 24.3 Å². The molecule has 10 heteroatoms. The third kappa shape index (κ3) is 3.76. The molecule has 1 aliphatic carbocycles. The molecular formula is C18H15F5N2O3. The number of halogens is 5. The molecule has 0 fully saturated rings. The summed E-state index contributed by atoms with van der Waals surface area (Å²) in [5, 5.41) is 3.40. The molecule has 0 unspecified atom stereocenters. The molecule has 150 valence electrons. The number of esters is 1. The fraction of sp³-hybridized carbons (Fsp3) is 0.389. The van der Waals surface area contributed by atoms with Crippen LogP contribution < -0.4 is 0 Å². The Morgan fingerprint density at radius 2 is 1.96 bits per heavy atom. The van der Waals surface area contributed by atoms with Crippen LogP contribution in [-0.4, -0.2) is 28.0 Å². The van der Waals surface area contributed by atoms with E-state index >= 15 is 0 Å². The van der Waals surface area contributed by atoms with E-state index in [2.05, 4.69) is 5.10 Å². The predicted molar refractivity (Wildman–Crippen MR) is 85.8 cm³/mol. The Balaban J connectivity index is 2.07. The molecule has 5 nitrogen and oxygen atoms in total. The Kier molecular flexibility index (Phi) is 5.22. The topological polar surface area (TPSA) is 61.2 Å². The highest BCUT2D eigenvalue weighted by molar-refractivity contribution is 5.89. The quantitative estimate of drug-likeness (QED) is 0.431. The minimum atomic E-state index is -5.03. The standard InChI is InChI=1S/C18H15F5N2O3/c19-17(20)8-7-12-13(14(18(21,22)23)24-25(12)9-4-10-26)15(17)28-16(27)11-5-2-1-3-6-11/h1-3,5-6,10,15H,4,7-9H2/t15-/m0/s1. The lowest BCUT2D eigenvalue weighted by molar-refractivity contribution is -0.151. The van der Waals surface area contributed by atoms with Gasteiger partial charge in [0.2, 0.25) is 0 Å². The van der Waals surface area contributed by atoms with Gasteiger partial charge in [0.05, 0.1) is 11.1 Å². The van der Waals surface area contributed by atoms with Gasteiger partial charge in [0.25, 0.3) is 5.92 Å². The average Bonchev–Trinajstić information content (AvgIpc) is 3.01. The highest BCUT2D eigenvalue weighted by Gasteiger charge is 2.54. The van der Waals surface area contributed by atoms with Crippen LogP contribution in [0.3, 0.4) is 0 Å². The van der Waals surface area contributed by atoms with Crippen molar-refractivity contribution in [3.8, 4) is 0 Å². The fourth-order valence-corrected chi connectivity index (χ4v) is 3.14. The van der Waals surface area contributed by atoms with Gasteiger partial charge in [-0.15, -0.1) is 0 Å². The van der Waals surface area contributed by atoms with E-state index in [0.29, 0.717) is 6.29 Å². The summed E-state index contributed by atoms with van der Waals surface area (Å²) in [6, 6.07) is 7.15. The van der Waals surface area contributed by atoms with E-state index in [-0.39, 0.29) is 30.6 Å². The van der Waals surface area contributed by atoms with Crippen molar-refractivity contribution < 1.29 is 36.3 Å². The highest BCUT2D eigenvalue weighted by Crippen LogP contribution is 2.48. The van der Waals surface area contributed by atoms with E-state index in [1.54, 1.807) is 6.07 Å². The number of carbonyl (C=O) groups is 2. The molecule has 1 aromatic carbocycles. The SMILES string of the molecule is O=CCCn1nc(C(F)(F)F)c2c1CCC(F)(F)[C@H]2OC(=O)c1ccccc1. The Morgan fingerprint density at radius 3 is 2.57 bits per heavy atom. The molecule has 1 atom stereocenters. The number of alkyl halides is 5. The zero-order chi connectivity index (χ0) is 20.5. The molecular weight excluding hydrogens is 387 g/mol. The molecule has 3 rings (SSSR count). The third-order valence-electron chi connectivity index (χ3n) is 4.40. The molecule has 0 spiro atoms. The van der Waals surface area contributed by atoms with E-state index < -0.39 is 41.9 Å². The van der Waals surface area contributed by atoms with Crippen LogP contribution in [0.2, 0.25) is 0 Å². The van der Waals surface area contributed by atoms with E-state index in [1.807, 2.05) is 0 Å². The Labute approximate surface area is 156 Å². The lowest BCUT2D eigenvalue weighted by Crippen LogP contribution is -2.36. The molecule has 0 bridgehead atoms. The van der Waals surface area contributed by atoms with Gasteiger partial charge in [0, 0.05) is 25.1 Å². The predicted octanol–water partition coefficient (Wildman–Crippen LogP) is 3.97. The summed E-state index contributed by atoms with van der Waals surface area (Å²) in [5.74, 6) is -4.86. The van der Waals surface area contributed by atoms with E-state index in [4.69, 9.17) is 4.74 Å². The van der Waals surface area contributed by atoms with Crippen molar-refractivity contribution in [2.75, 3.05) is 0 Å². The average molecular weight is 402 g/mol. The van der Waals surface area contributed by atoms with Crippen LogP contribution in [0.4, 0.5) is 22.0 Å². The number of benzene rings is 1. The van der Waals surface area contributed by atoms with E-state index in [0.717, 1.165) is 4.68 Å². The second-order valence-electron chi connectivity index (χ2n) is 6.30. The van der Waals surface area contributed by atoms with Gasteiger partial charge in [0.1, 0.15) is 6.29 Å². The number of ether oxygens (including phenoxy) is 1. The minimum Gasteiger partial charge on any atom is -0.447 e. The van der Waals surface area contributed by atoms with Crippen molar-refractivity contribution in [2.45, 2.75) is 44.0 Å². The number of hydrogen-bond acceptors (Lipinski definition) is 4. The first-order valence-corrected chi connectivity index (χ1v) is 8.39.